The molecule has 0 aliphatic heterocycles. The van der Waals surface area contributed by atoms with E-state index < -0.39 is 5.91 Å². The lowest BCUT2D eigenvalue weighted by atomic mass is 10.2. The van der Waals surface area contributed by atoms with Crippen molar-refractivity contribution in [2.24, 2.45) is 0 Å². The van der Waals surface area contributed by atoms with Gasteiger partial charge in [0.25, 0.3) is 5.91 Å². The molecule has 5 nitrogen and oxygen atoms in total. The van der Waals surface area contributed by atoms with E-state index in [1.807, 2.05) is 0 Å². The normalized spacial score (nSPS) is 11.4. The highest BCUT2D eigenvalue weighted by atomic mass is 35.5. The average Bonchev–Trinajstić information content (AvgIpc) is 3.07. The number of carbonyl (C=O) groups excluding carboxylic acids is 1. The fraction of sp³-hybridized carbons (Fsp3) is 0. The van der Waals surface area contributed by atoms with Crippen LogP contribution in [-0.2, 0) is 0 Å². The van der Waals surface area contributed by atoms with Crippen molar-refractivity contribution in [3.05, 3.63) is 69.9 Å². The minimum atomic E-state index is -0.461. The Morgan fingerprint density at radius 1 is 1.16 bits per heavy atom. The highest BCUT2D eigenvalue weighted by Crippen LogP contribution is 2.26. The van der Waals surface area contributed by atoms with Crippen molar-refractivity contribution in [1.82, 2.24) is 10.2 Å². The van der Waals surface area contributed by atoms with Crippen LogP contribution in [0.4, 0.5) is 10.1 Å². The topological polar surface area (TPSA) is 75.1 Å². The van der Waals surface area contributed by atoms with Crippen molar-refractivity contribution in [3.63, 3.8) is 0 Å². The Balaban J connectivity index is 1.75. The summed E-state index contributed by atoms with van der Waals surface area (Å²) >= 11 is 7.23. The number of phenolic OH excluding ortho intramolecular Hbond substituents is 1. The number of halogens is 2. The second-order valence-corrected chi connectivity index (χ2v) is 6.35. The summed E-state index contributed by atoms with van der Waals surface area (Å²) in [6.07, 6.45) is 1.61. The molecule has 1 heterocycles. The highest BCUT2D eigenvalue weighted by molar-refractivity contribution is 7.15. The number of rotatable bonds is 4. The van der Waals surface area contributed by atoms with Crippen LogP contribution < -0.4 is 5.32 Å². The van der Waals surface area contributed by atoms with Gasteiger partial charge in [0.05, 0.1) is 5.03 Å². The van der Waals surface area contributed by atoms with Crippen LogP contribution in [0.1, 0.15) is 20.4 Å². The number of amides is 1. The second-order valence-electron chi connectivity index (χ2n) is 4.96. The number of benzene rings is 2. The summed E-state index contributed by atoms with van der Waals surface area (Å²) in [4.78, 5) is 12.1. The number of anilines is 1. The van der Waals surface area contributed by atoms with E-state index in [1.165, 1.54) is 24.3 Å². The number of hydrogen-bond donors (Lipinski definition) is 2. The summed E-state index contributed by atoms with van der Waals surface area (Å²) in [6.45, 7) is 0. The molecule has 1 aromatic heterocycles. The molecular formula is C17H11ClFN3O2S. The quantitative estimate of drug-likeness (QED) is 0.710. The van der Waals surface area contributed by atoms with Crippen molar-refractivity contribution in [2.75, 3.05) is 5.32 Å². The van der Waals surface area contributed by atoms with Gasteiger partial charge in [0.2, 0.25) is 5.01 Å². The number of nitrogens with one attached hydrogen (secondary N) is 1. The Hall–Kier alpha value is -2.77. The summed E-state index contributed by atoms with van der Waals surface area (Å²) in [5.41, 5.74) is 1.14. The molecule has 25 heavy (non-hydrogen) atoms. The Morgan fingerprint density at radius 3 is 2.60 bits per heavy atom. The Labute approximate surface area is 151 Å². The predicted octanol–water partition coefficient (Wildman–Crippen LogP) is 4.37. The second kappa shape index (κ2) is 7.42. The third kappa shape index (κ3) is 4.40. The molecule has 3 aromatic rings. The molecule has 3 rings (SSSR count). The molecule has 0 atom stereocenters. The minimum Gasteiger partial charge on any atom is -0.508 e. The molecule has 0 saturated heterocycles. The van der Waals surface area contributed by atoms with Crippen LogP contribution in [0.2, 0.25) is 0 Å². The molecule has 126 valence electrons. The van der Waals surface area contributed by atoms with Crippen LogP contribution in [0, 0.1) is 5.82 Å². The van der Waals surface area contributed by atoms with Gasteiger partial charge in [0.1, 0.15) is 11.6 Å². The number of carbonyl (C=O) groups is 1. The predicted molar refractivity (Wildman–Crippen MR) is 96.1 cm³/mol. The molecule has 0 aliphatic rings. The summed E-state index contributed by atoms with van der Waals surface area (Å²) < 4.78 is 12.9. The molecule has 0 unspecified atom stereocenters. The smallest absolute Gasteiger partial charge is 0.286 e. The maximum absolute atomic E-state index is 12.9. The number of hydrogen-bond acceptors (Lipinski definition) is 5. The van der Waals surface area contributed by atoms with Gasteiger partial charge in [0, 0.05) is 5.69 Å². The molecular weight excluding hydrogens is 365 g/mol. The van der Waals surface area contributed by atoms with Crippen LogP contribution in [0.5, 0.6) is 5.75 Å². The van der Waals surface area contributed by atoms with E-state index >= 15 is 0 Å². The van der Waals surface area contributed by atoms with E-state index in [1.54, 1.807) is 30.3 Å². The third-order valence-corrected chi connectivity index (χ3v) is 4.44. The van der Waals surface area contributed by atoms with Gasteiger partial charge < -0.3 is 10.4 Å². The lowest BCUT2D eigenvalue weighted by molar-refractivity contribution is 0.102. The fourth-order valence-corrected chi connectivity index (χ4v) is 2.88. The monoisotopic (exact) mass is 375 g/mol. The number of phenols is 1. The van der Waals surface area contributed by atoms with Crippen LogP contribution in [0.3, 0.4) is 0 Å². The van der Waals surface area contributed by atoms with E-state index in [0.29, 0.717) is 21.3 Å². The first-order valence-corrected chi connectivity index (χ1v) is 8.28. The van der Waals surface area contributed by atoms with Gasteiger partial charge in [0.15, 0.2) is 5.01 Å². The van der Waals surface area contributed by atoms with Gasteiger partial charge >= 0.3 is 0 Å². The van der Waals surface area contributed by atoms with E-state index in [-0.39, 0.29) is 16.6 Å². The summed E-state index contributed by atoms with van der Waals surface area (Å²) in [5.74, 6) is -0.730. The fourth-order valence-electron chi connectivity index (χ4n) is 1.95. The molecule has 2 N–H and O–H groups in total. The molecule has 8 heteroatoms. The largest absolute Gasteiger partial charge is 0.508 e. The average molecular weight is 376 g/mol. The molecule has 0 radical (unpaired) electrons. The first kappa shape index (κ1) is 17.1. The highest BCUT2D eigenvalue weighted by Gasteiger charge is 2.15. The van der Waals surface area contributed by atoms with Gasteiger partial charge in [-0.2, -0.15) is 0 Å². The van der Waals surface area contributed by atoms with Crippen molar-refractivity contribution >= 4 is 45.6 Å². The Morgan fingerprint density at radius 2 is 1.88 bits per heavy atom. The van der Waals surface area contributed by atoms with Crippen molar-refractivity contribution in [2.45, 2.75) is 0 Å². The first-order valence-electron chi connectivity index (χ1n) is 7.08. The lowest BCUT2D eigenvalue weighted by Crippen LogP contribution is -2.11. The zero-order chi connectivity index (χ0) is 17.8. The molecule has 0 aliphatic carbocycles. The zero-order valence-electron chi connectivity index (χ0n) is 12.6. The van der Waals surface area contributed by atoms with Crippen molar-refractivity contribution in [1.29, 1.82) is 0 Å². The standard InChI is InChI=1S/C17H11ClFN3O2S/c18-14(9-10-2-1-3-13(23)8-10)16-21-22-17(25-16)15(24)20-12-6-4-11(19)5-7-12/h1-9,23H,(H,20,24)/b14-9-. The molecule has 1 amide bonds. The van der Waals surface area contributed by atoms with Crippen LogP contribution in [0.15, 0.2) is 48.5 Å². The maximum atomic E-state index is 12.9. The van der Waals surface area contributed by atoms with E-state index in [9.17, 15) is 14.3 Å². The van der Waals surface area contributed by atoms with E-state index in [0.717, 1.165) is 11.3 Å². The molecule has 0 bridgehead atoms. The zero-order valence-corrected chi connectivity index (χ0v) is 14.2. The molecule has 2 aromatic carbocycles. The van der Waals surface area contributed by atoms with Crippen LogP contribution >= 0.6 is 22.9 Å². The maximum Gasteiger partial charge on any atom is 0.286 e. The van der Waals surface area contributed by atoms with E-state index in [2.05, 4.69) is 15.5 Å². The van der Waals surface area contributed by atoms with Gasteiger partial charge in [-0.15, -0.1) is 10.2 Å². The minimum absolute atomic E-state index is 0.120. The third-order valence-electron chi connectivity index (χ3n) is 3.09. The van der Waals surface area contributed by atoms with Crippen LogP contribution in [-0.4, -0.2) is 21.2 Å². The van der Waals surface area contributed by atoms with Crippen LogP contribution in [0.25, 0.3) is 11.1 Å². The van der Waals surface area contributed by atoms with Gasteiger partial charge in [-0.05, 0) is 48.0 Å². The first-order chi connectivity index (χ1) is 12.0. The number of aromatic nitrogens is 2. The lowest BCUT2D eigenvalue weighted by Gasteiger charge is -2.01. The van der Waals surface area contributed by atoms with Crippen molar-refractivity contribution in [3.8, 4) is 5.75 Å². The van der Waals surface area contributed by atoms with Gasteiger partial charge in [-0.25, -0.2) is 4.39 Å². The molecule has 0 fully saturated rings. The SMILES string of the molecule is O=C(Nc1ccc(F)cc1)c1nnc(/C(Cl)=C/c2cccc(O)c2)s1. The molecule has 0 spiro atoms. The van der Waals surface area contributed by atoms with Gasteiger partial charge in [-0.3, -0.25) is 4.79 Å². The summed E-state index contributed by atoms with van der Waals surface area (Å²) in [7, 11) is 0. The Bertz CT molecular complexity index is 941. The van der Waals surface area contributed by atoms with E-state index in [4.69, 9.17) is 11.6 Å². The van der Waals surface area contributed by atoms with Gasteiger partial charge in [-0.1, -0.05) is 35.1 Å². The van der Waals surface area contributed by atoms with Crippen molar-refractivity contribution < 1.29 is 14.3 Å². The number of nitrogens with zero attached hydrogens (tertiary/aromatic N) is 2. The molecule has 0 saturated carbocycles. The number of aromatic hydroxyl groups is 1. The Kier molecular flexibility index (Phi) is 5.06. The summed E-state index contributed by atoms with van der Waals surface area (Å²) in [6, 6.07) is 11.9. The summed E-state index contributed by atoms with van der Waals surface area (Å²) in [5, 5.41) is 20.6.